The first-order chi connectivity index (χ1) is 16.1. The van der Waals surface area contributed by atoms with E-state index in [0.717, 1.165) is 25.7 Å². The Morgan fingerprint density at radius 2 is 1.97 bits per heavy atom. The Balaban J connectivity index is 1.12. The second kappa shape index (κ2) is 7.77. The molecular formula is C25H22FN5O2. The van der Waals surface area contributed by atoms with Crippen molar-refractivity contribution in [2.75, 3.05) is 5.32 Å². The summed E-state index contributed by atoms with van der Waals surface area (Å²) in [5, 5.41) is 20.2. The molecule has 3 aliphatic rings. The number of carbonyl (C=O) groups excluding carboxylic acids is 1. The number of pyridine rings is 1. The maximum absolute atomic E-state index is 13.7. The van der Waals surface area contributed by atoms with E-state index < -0.39 is 0 Å². The van der Waals surface area contributed by atoms with E-state index in [4.69, 9.17) is 10.00 Å². The number of ether oxygens (including phenoxy) is 1. The molecule has 1 unspecified atom stereocenters. The van der Waals surface area contributed by atoms with Crippen molar-refractivity contribution in [1.82, 2.24) is 15.2 Å². The summed E-state index contributed by atoms with van der Waals surface area (Å²) >= 11 is 0. The highest BCUT2D eigenvalue weighted by Gasteiger charge is 2.63. The Morgan fingerprint density at radius 1 is 1.15 bits per heavy atom. The van der Waals surface area contributed by atoms with E-state index >= 15 is 0 Å². The first-order valence-corrected chi connectivity index (χ1v) is 11.4. The Morgan fingerprint density at radius 3 is 2.67 bits per heavy atom. The first-order valence-electron chi connectivity index (χ1n) is 11.4. The molecule has 7 nitrogen and oxygen atoms in total. The smallest absolute Gasteiger partial charge is 0.229 e. The quantitative estimate of drug-likeness (QED) is 0.616. The van der Waals surface area contributed by atoms with Gasteiger partial charge in [0.1, 0.15) is 17.6 Å². The number of benzene rings is 1. The normalized spacial score (nSPS) is 26.3. The van der Waals surface area contributed by atoms with Gasteiger partial charge in [-0.05, 0) is 85.8 Å². The number of hydrogen-bond acceptors (Lipinski definition) is 6. The predicted octanol–water partition coefficient (Wildman–Crippen LogP) is 4.10. The molecule has 33 heavy (non-hydrogen) atoms. The van der Waals surface area contributed by atoms with E-state index in [1.165, 1.54) is 12.1 Å². The fourth-order valence-corrected chi connectivity index (χ4v) is 5.67. The van der Waals surface area contributed by atoms with Gasteiger partial charge < -0.3 is 10.1 Å². The van der Waals surface area contributed by atoms with Crippen LogP contribution in [-0.4, -0.2) is 27.2 Å². The van der Waals surface area contributed by atoms with Crippen molar-refractivity contribution in [2.45, 2.75) is 31.8 Å². The molecule has 166 valence electrons. The topological polar surface area (TPSA) is 101 Å². The number of carbonyl (C=O) groups is 1. The molecule has 3 aromatic rings. The fraction of sp³-hybridized carbons (Fsp3) is 0.400. The third-order valence-corrected chi connectivity index (χ3v) is 7.30. The van der Waals surface area contributed by atoms with Crippen molar-refractivity contribution in [3.63, 3.8) is 0 Å². The van der Waals surface area contributed by atoms with Crippen molar-refractivity contribution in [3.8, 4) is 11.8 Å². The molecule has 0 bridgehead atoms. The van der Waals surface area contributed by atoms with E-state index in [-0.39, 0.29) is 29.4 Å². The van der Waals surface area contributed by atoms with Crippen molar-refractivity contribution < 1.29 is 13.9 Å². The van der Waals surface area contributed by atoms with Gasteiger partial charge in [-0.1, -0.05) is 0 Å². The van der Waals surface area contributed by atoms with Crippen LogP contribution in [0, 0.1) is 46.7 Å². The number of rotatable bonds is 6. The maximum atomic E-state index is 13.7. The number of aromatic nitrogens is 3. The van der Waals surface area contributed by atoms with Gasteiger partial charge in [-0.15, -0.1) is 10.2 Å². The van der Waals surface area contributed by atoms with Crippen LogP contribution in [0.1, 0.15) is 31.4 Å². The third-order valence-electron chi connectivity index (χ3n) is 7.30. The van der Waals surface area contributed by atoms with E-state index in [1.807, 2.05) is 6.07 Å². The predicted molar refractivity (Wildman–Crippen MR) is 117 cm³/mol. The first kappa shape index (κ1) is 20.0. The maximum Gasteiger partial charge on any atom is 0.229 e. The molecule has 3 saturated carbocycles. The molecule has 0 aliphatic heterocycles. The Hall–Kier alpha value is -3.60. The van der Waals surface area contributed by atoms with E-state index in [0.29, 0.717) is 46.1 Å². The average molecular weight is 443 g/mol. The van der Waals surface area contributed by atoms with Crippen molar-refractivity contribution in [3.05, 3.63) is 54.1 Å². The van der Waals surface area contributed by atoms with Crippen LogP contribution in [0.5, 0.6) is 5.75 Å². The zero-order valence-electron chi connectivity index (χ0n) is 17.8. The van der Waals surface area contributed by atoms with Crippen LogP contribution in [-0.2, 0) is 4.79 Å². The van der Waals surface area contributed by atoms with E-state index in [2.05, 4.69) is 20.5 Å². The highest BCUT2D eigenvalue weighted by atomic mass is 19.1. The molecule has 0 spiro atoms. The monoisotopic (exact) mass is 443 g/mol. The van der Waals surface area contributed by atoms with Gasteiger partial charge in [0.15, 0.2) is 11.5 Å². The van der Waals surface area contributed by atoms with Crippen LogP contribution >= 0.6 is 0 Å². The summed E-state index contributed by atoms with van der Waals surface area (Å²) < 4.78 is 20.0. The van der Waals surface area contributed by atoms with Gasteiger partial charge in [-0.25, -0.2) is 4.39 Å². The SMILES string of the molecule is N#Cc1ccc(NC(=O)C(C2CC2)[C@H]2[C@@H]3C[C@H](Oc4ccnc5ccc(F)cc45)C[C@@H]32)nn1. The molecule has 5 atom stereocenters. The van der Waals surface area contributed by atoms with Crippen LogP contribution in [0.15, 0.2) is 42.6 Å². The number of nitrogens with one attached hydrogen (secondary N) is 1. The molecule has 0 radical (unpaired) electrons. The Kier molecular flexibility index (Phi) is 4.72. The van der Waals surface area contributed by atoms with E-state index in [1.54, 1.807) is 30.5 Å². The Bertz CT molecular complexity index is 1260. The van der Waals surface area contributed by atoms with Crippen LogP contribution in [0.2, 0.25) is 0 Å². The standard InChI is InChI=1S/C25H22FN5O2/c26-14-3-5-20-19(9-14)21(7-8-28-20)33-16-10-17-18(11-16)24(17)23(13-1-2-13)25(32)29-22-6-4-15(12-27)30-31-22/h3-9,13,16-18,23-24H,1-2,10-11H2,(H,29,31,32)/t16-,17+,18-,23?,24-. The lowest BCUT2D eigenvalue weighted by molar-refractivity contribution is -0.121. The van der Waals surface area contributed by atoms with Gasteiger partial charge in [0.05, 0.1) is 11.6 Å². The number of hydrogen-bond donors (Lipinski definition) is 1. The average Bonchev–Trinajstić information content (AvgIpc) is 3.73. The Labute approximate surface area is 190 Å². The van der Waals surface area contributed by atoms with Gasteiger partial charge in [0.2, 0.25) is 5.91 Å². The number of amides is 1. The number of fused-ring (bicyclic) bond motifs is 2. The lowest BCUT2D eigenvalue weighted by Gasteiger charge is -2.22. The van der Waals surface area contributed by atoms with E-state index in [9.17, 15) is 9.18 Å². The fourth-order valence-electron chi connectivity index (χ4n) is 5.67. The second-order valence-electron chi connectivity index (χ2n) is 9.35. The highest BCUT2D eigenvalue weighted by molar-refractivity contribution is 5.92. The van der Waals surface area contributed by atoms with Crippen LogP contribution in [0.4, 0.5) is 10.2 Å². The number of nitrogens with zero attached hydrogens (tertiary/aromatic N) is 4. The van der Waals surface area contributed by atoms with Gasteiger partial charge in [-0.3, -0.25) is 9.78 Å². The zero-order chi connectivity index (χ0) is 22.5. The van der Waals surface area contributed by atoms with Crippen LogP contribution < -0.4 is 10.1 Å². The summed E-state index contributed by atoms with van der Waals surface area (Å²) in [6, 6.07) is 11.4. The minimum atomic E-state index is -0.306. The summed E-state index contributed by atoms with van der Waals surface area (Å²) in [7, 11) is 0. The van der Waals surface area contributed by atoms with Crippen molar-refractivity contribution >= 4 is 22.6 Å². The lowest BCUT2D eigenvalue weighted by Crippen LogP contribution is -2.29. The summed E-state index contributed by atoms with van der Waals surface area (Å²) in [4.78, 5) is 17.4. The molecule has 0 saturated heterocycles. The minimum Gasteiger partial charge on any atom is -0.490 e. The summed E-state index contributed by atoms with van der Waals surface area (Å²) in [6.45, 7) is 0. The molecule has 1 amide bonds. The van der Waals surface area contributed by atoms with Crippen LogP contribution in [0.3, 0.4) is 0 Å². The zero-order valence-corrected chi connectivity index (χ0v) is 17.8. The number of anilines is 1. The van der Waals surface area contributed by atoms with Gasteiger partial charge in [-0.2, -0.15) is 5.26 Å². The molecule has 3 fully saturated rings. The molecular weight excluding hydrogens is 421 g/mol. The van der Waals surface area contributed by atoms with Gasteiger partial charge >= 0.3 is 0 Å². The lowest BCUT2D eigenvalue weighted by atomic mass is 9.91. The third kappa shape index (κ3) is 3.78. The van der Waals surface area contributed by atoms with Crippen LogP contribution in [0.25, 0.3) is 10.9 Å². The largest absolute Gasteiger partial charge is 0.490 e. The molecule has 1 N–H and O–H groups in total. The molecule has 6 rings (SSSR count). The van der Waals surface area contributed by atoms with Crippen molar-refractivity contribution in [2.24, 2.45) is 29.6 Å². The summed E-state index contributed by atoms with van der Waals surface area (Å²) in [5.41, 5.74) is 0.936. The number of halogens is 1. The molecule has 3 aliphatic carbocycles. The summed E-state index contributed by atoms with van der Waals surface area (Å²) in [5.74, 6) is 2.48. The molecule has 2 aromatic heterocycles. The highest BCUT2D eigenvalue weighted by Crippen LogP contribution is 2.64. The van der Waals surface area contributed by atoms with Crippen molar-refractivity contribution in [1.29, 1.82) is 5.26 Å². The molecule has 2 heterocycles. The second-order valence-corrected chi connectivity index (χ2v) is 9.35. The molecule has 1 aromatic carbocycles. The molecule has 8 heteroatoms. The van der Waals surface area contributed by atoms with Gasteiger partial charge in [0, 0.05) is 17.5 Å². The number of nitriles is 1. The summed E-state index contributed by atoms with van der Waals surface area (Å²) in [6.07, 6.45) is 5.73. The van der Waals surface area contributed by atoms with Gasteiger partial charge in [0.25, 0.3) is 0 Å². The minimum absolute atomic E-state index is 0.00368.